The van der Waals surface area contributed by atoms with Crippen LogP contribution in [-0.2, 0) is 0 Å². The van der Waals surface area contributed by atoms with Crippen molar-refractivity contribution < 1.29 is 0 Å². The van der Waals surface area contributed by atoms with E-state index in [4.69, 9.17) is 0 Å². The maximum Gasteiger partial charge on any atom is -0.0107 e. The van der Waals surface area contributed by atoms with Crippen LogP contribution in [0, 0.1) is 0 Å². The highest BCUT2D eigenvalue weighted by Crippen LogP contribution is 2.14. The molecule has 0 fully saturated rings. The molecule has 0 aromatic carbocycles. The van der Waals surface area contributed by atoms with Gasteiger partial charge in [0.15, 0.2) is 0 Å². The summed E-state index contributed by atoms with van der Waals surface area (Å²) >= 11 is 0. The second-order valence-electron chi connectivity index (χ2n) is 1.61. The molecule has 1 unspecified atom stereocenters. The van der Waals surface area contributed by atoms with Gasteiger partial charge in [0, 0.05) is 0 Å². The smallest absolute Gasteiger partial charge is 0.0107 e. The molecule has 0 nitrogen and oxygen atoms in total. The monoisotopic (exact) mass is 126 g/mol. The summed E-state index contributed by atoms with van der Waals surface area (Å²) in [5.74, 6) is 1.25. The molecule has 1 rings (SSSR count). The van der Waals surface area contributed by atoms with Gasteiger partial charge in [-0.15, -0.1) is 0 Å². The summed E-state index contributed by atoms with van der Waals surface area (Å²) in [7, 11) is 0.456. The zero-order valence-electron chi connectivity index (χ0n) is 5.00. The lowest BCUT2D eigenvalue weighted by molar-refractivity contribution is 1.53. The lowest BCUT2D eigenvalue weighted by Gasteiger charge is -1.97. The Morgan fingerprint density at radius 2 is 2.12 bits per heavy atom. The Bertz CT molecular complexity index is 152. The Kier molecular flexibility index (Phi) is 2.10. The van der Waals surface area contributed by atoms with Gasteiger partial charge in [0.05, 0.1) is 0 Å². The molecule has 0 saturated carbocycles. The van der Waals surface area contributed by atoms with E-state index in [9.17, 15) is 0 Å². The van der Waals surface area contributed by atoms with Crippen LogP contribution in [0.15, 0.2) is 23.6 Å². The zero-order chi connectivity index (χ0) is 5.82. The van der Waals surface area contributed by atoms with Gasteiger partial charge in [-0.25, -0.2) is 0 Å². The SMILES string of the molecule is CCS1=CC=CC=C1. The van der Waals surface area contributed by atoms with Crippen LogP contribution < -0.4 is 0 Å². The van der Waals surface area contributed by atoms with Crippen LogP contribution in [-0.4, -0.2) is 11.1 Å². The first-order valence-corrected chi connectivity index (χ1v) is 4.32. The fraction of sp³-hybridized carbons (Fsp3) is 0.286. The number of hydrogen-bond donors (Lipinski definition) is 0. The highest BCUT2D eigenvalue weighted by Gasteiger charge is 1.83. The Morgan fingerprint density at radius 1 is 1.25 bits per heavy atom. The summed E-state index contributed by atoms with van der Waals surface area (Å²) < 4.78 is 0. The van der Waals surface area contributed by atoms with Gasteiger partial charge in [-0.2, -0.15) is 10.5 Å². The first kappa shape index (κ1) is 5.83. The summed E-state index contributed by atoms with van der Waals surface area (Å²) in [6, 6.07) is 0. The number of rotatable bonds is 1. The molecule has 0 aromatic heterocycles. The molecule has 1 heterocycles. The third-order valence-corrected chi connectivity index (χ3v) is 2.74. The van der Waals surface area contributed by atoms with Crippen molar-refractivity contribution in [3.05, 3.63) is 23.6 Å². The highest BCUT2D eigenvalue weighted by molar-refractivity contribution is 8.17. The van der Waals surface area contributed by atoms with E-state index in [1.807, 2.05) is 0 Å². The van der Waals surface area contributed by atoms with Crippen LogP contribution in [0.1, 0.15) is 6.92 Å². The van der Waals surface area contributed by atoms with Crippen LogP contribution in [0.3, 0.4) is 0 Å². The molecule has 1 aliphatic heterocycles. The Hall–Kier alpha value is -0.300. The van der Waals surface area contributed by atoms with E-state index in [0.29, 0.717) is 10.5 Å². The van der Waals surface area contributed by atoms with E-state index < -0.39 is 0 Å². The number of hydrogen-bond acceptors (Lipinski definition) is 0. The van der Waals surface area contributed by atoms with Crippen molar-refractivity contribution in [3.8, 4) is 0 Å². The van der Waals surface area contributed by atoms with Crippen molar-refractivity contribution in [1.82, 2.24) is 0 Å². The predicted octanol–water partition coefficient (Wildman–Crippen LogP) is 2.16. The molecule has 0 aromatic rings. The highest BCUT2D eigenvalue weighted by atomic mass is 32.2. The van der Waals surface area contributed by atoms with E-state index >= 15 is 0 Å². The predicted molar refractivity (Wildman–Crippen MR) is 42.5 cm³/mol. The summed E-state index contributed by atoms with van der Waals surface area (Å²) in [5.41, 5.74) is 0. The Morgan fingerprint density at radius 3 is 2.50 bits per heavy atom. The van der Waals surface area contributed by atoms with E-state index in [0.717, 1.165) is 0 Å². The maximum absolute atomic E-state index is 2.25. The van der Waals surface area contributed by atoms with Crippen LogP contribution in [0.4, 0.5) is 0 Å². The van der Waals surface area contributed by atoms with Crippen molar-refractivity contribution in [2.75, 3.05) is 5.75 Å². The van der Waals surface area contributed by atoms with Gasteiger partial charge in [-0.05, 0) is 16.5 Å². The van der Waals surface area contributed by atoms with Gasteiger partial charge < -0.3 is 0 Å². The van der Waals surface area contributed by atoms with E-state index in [1.54, 1.807) is 0 Å². The van der Waals surface area contributed by atoms with Gasteiger partial charge >= 0.3 is 0 Å². The molecule has 1 heteroatoms. The third kappa shape index (κ3) is 1.34. The standard InChI is InChI=1S/C7H10S/c1-2-8-6-4-3-5-7-8/h3-7H,2H2,1H3. The minimum Gasteiger partial charge on any atom is -0.162 e. The Labute approximate surface area is 52.8 Å². The van der Waals surface area contributed by atoms with Crippen molar-refractivity contribution in [1.29, 1.82) is 0 Å². The molecule has 0 radical (unpaired) electrons. The summed E-state index contributed by atoms with van der Waals surface area (Å²) in [6.07, 6.45) is 6.30. The molecule has 0 spiro atoms. The van der Waals surface area contributed by atoms with Gasteiger partial charge in [0.1, 0.15) is 0 Å². The molecule has 8 heavy (non-hydrogen) atoms. The molecule has 0 aliphatic carbocycles. The summed E-state index contributed by atoms with van der Waals surface area (Å²) in [5, 5.41) is 4.50. The fourth-order valence-corrected chi connectivity index (χ4v) is 1.66. The summed E-state index contributed by atoms with van der Waals surface area (Å²) in [4.78, 5) is 0. The average Bonchev–Trinajstić information content (AvgIpc) is 1.90. The molecular weight excluding hydrogens is 116 g/mol. The van der Waals surface area contributed by atoms with Gasteiger partial charge in [-0.3, -0.25) is 0 Å². The molecule has 44 valence electrons. The Balaban J connectivity index is 2.68. The summed E-state index contributed by atoms with van der Waals surface area (Å²) in [6.45, 7) is 2.21. The topological polar surface area (TPSA) is 0 Å². The molecule has 0 N–H and O–H groups in total. The molecule has 1 atom stereocenters. The lowest BCUT2D eigenvalue weighted by Crippen LogP contribution is -1.75. The van der Waals surface area contributed by atoms with Crippen molar-refractivity contribution in [2.24, 2.45) is 0 Å². The maximum atomic E-state index is 2.25. The molecule has 0 amide bonds. The van der Waals surface area contributed by atoms with Crippen LogP contribution in [0.2, 0.25) is 0 Å². The van der Waals surface area contributed by atoms with Crippen molar-refractivity contribution >= 4 is 15.9 Å². The van der Waals surface area contributed by atoms with E-state index in [2.05, 4.69) is 35.9 Å². The molecule has 0 saturated heterocycles. The minimum atomic E-state index is 0.456. The van der Waals surface area contributed by atoms with Crippen LogP contribution >= 0.6 is 10.5 Å². The number of allylic oxidation sites excluding steroid dienone is 3. The van der Waals surface area contributed by atoms with Crippen LogP contribution in [0.25, 0.3) is 0 Å². The molecule has 1 aliphatic rings. The second-order valence-corrected chi connectivity index (χ2v) is 3.67. The quantitative estimate of drug-likeness (QED) is 0.472. The van der Waals surface area contributed by atoms with E-state index in [1.165, 1.54) is 5.75 Å². The van der Waals surface area contributed by atoms with Gasteiger partial charge in [0.2, 0.25) is 0 Å². The normalized spacial score (nSPS) is 25.4. The van der Waals surface area contributed by atoms with E-state index in [-0.39, 0.29) is 0 Å². The minimum absolute atomic E-state index is 0.456. The largest absolute Gasteiger partial charge is 0.162 e. The second kappa shape index (κ2) is 2.88. The first-order chi connectivity index (χ1) is 3.93. The fourth-order valence-electron chi connectivity index (χ4n) is 0.595. The third-order valence-electron chi connectivity index (χ3n) is 1.06. The zero-order valence-corrected chi connectivity index (χ0v) is 5.82. The molecular formula is C7H10S. The first-order valence-electron chi connectivity index (χ1n) is 2.80. The van der Waals surface area contributed by atoms with Crippen LogP contribution in [0.5, 0.6) is 0 Å². The lowest BCUT2D eigenvalue weighted by atomic mass is 10.5. The average molecular weight is 126 g/mol. The molecule has 0 bridgehead atoms. The van der Waals surface area contributed by atoms with Crippen molar-refractivity contribution in [3.63, 3.8) is 0 Å². The van der Waals surface area contributed by atoms with Crippen molar-refractivity contribution in [2.45, 2.75) is 6.92 Å². The van der Waals surface area contributed by atoms with Gasteiger partial charge in [0.25, 0.3) is 0 Å². The van der Waals surface area contributed by atoms with Gasteiger partial charge in [-0.1, -0.05) is 25.2 Å².